The Kier molecular flexibility index (Phi) is 5.63. The minimum atomic E-state index is -0.0339. The zero-order valence-electron chi connectivity index (χ0n) is 23.4. The van der Waals surface area contributed by atoms with Crippen molar-refractivity contribution in [3.05, 3.63) is 107 Å². The van der Waals surface area contributed by atoms with E-state index in [0.717, 1.165) is 32.0 Å². The summed E-state index contributed by atoms with van der Waals surface area (Å²) in [5, 5.41) is 0. The molecule has 0 N–H and O–H groups in total. The second-order valence-corrected chi connectivity index (χ2v) is 13.6. The molecular weight excluding hydrogens is 476 g/mol. The van der Waals surface area contributed by atoms with Crippen LogP contribution in [0.3, 0.4) is 0 Å². The van der Waals surface area contributed by atoms with Gasteiger partial charge in [0.15, 0.2) is 0 Å². The van der Waals surface area contributed by atoms with Gasteiger partial charge in [-0.15, -0.1) is 0 Å². The van der Waals surface area contributed by atoms with Crippen molar-refractivity contribution in [2.24, 2.45) is 5.92 Å². The second kappa shape index (κ2) is 9.03. The smallest absolute Gasteiger partial charge is 0.0938 e. The molecule has 4 bridgehead atoms. The van der Waals surface area contributed by atoms with Crippen molar-refractivity contribution < 1.29 is 4.74 Å². The van der Waals surface area contributed by atoms with Crippen molar-refractivity contribution in [3.63, 3.8) is 0 Å². The van der Waals surface area contributed by atoms with Crippen LogP contribution in [0.4, 0.5) is 0 Å². The molecule has 0 aromatic heterocycles. The molecule has 3 heterocycles. The maximum absolute atomic E-state index is 7.43. The van der Waals surface area contributed by atoms with Crippen LogP contribution in [-0.2, 0) is 29.7 Å². The average molecular weight is 519 g/mol. The fraction of sp³-hybridized carbons (Fsp3) is 0.500. The molecule has 1 spiro atoms. The zero-order chi connectivity index (χ0) is 26.1. The fourth-order valence-corrected chi connectivity index (χ4v) is 9.21. The number of nitrogens with zero attached hydrogens (tertiary/aromatic N) is 2. The van der Waals surface area contributed by atoms with Crippen LogP contribution in [0, 0.1) is 12.8 Å². The quantitative estimate of drug-likeness (QED) is 0.348. The van der Waals surface area contributed by atoms with Gasteiger partial charge in [-0.25, -0.2) is 0 Å². The molecule has 3 heteroatoms. The Balaban J connectivity index is 1.22. The van der Waals surface area contributed by atoms with Crippen molar-refractivity contribution in [2.75, 3.05) is 19.7 Å². The standard InChI is InChI=1S/C36H42N2O/c1-27-12-15-31-21-33-36-17-16-34(26-39-36,25-35(36,32(31)20-27)18-19-37(33)22-30-13-14-30)38(23-28-8-4-2-5-9-28)24-29-10-6-3-7-11-29/h2-12,15,20,30,33H,13-14,16-19,21-26H2,1H3/t33-,34+,35-,36-/m1/s1. The molecule has 9 rings (SSSR count). The third kappa shape index (κ3) is 3.80. The molecule has 3 aromatic carbocycles. The van der Waals surface area contributed by atoms with Gasteiger partial charge >= 0.3 is 0 Å². The van der Waals surface area contributed by atoms with Crippen molar-refractivity contribution in [1.29, 1.82) is 0 Å². The van der Waals surface area contributed by atoms with Gasteiger partial charge in [-0.1, -0.05) is 84.4 Å². The topological polar surface area (TPSA) is 15.7 Å². The third-order valence-electron chi connectivity index (χ3n) is 11.3. The molecule has 3 saturated heterocycles. The van der Waals surface area contributed by atoms with Gasteiger partial charge in [-0.2, -0.15) is 0 Å². The lowest BCUT2D eigenvalue weighted by Crippen LogP contribution is -2.81. The van der Waals surface area contributed by atoms with Crippen molar-refractivity contribution in [2.45, 2.75) is 87.6 Å². The van der Waals surface area contributed by atoms with Crippen LogP contribution in [0.1, 0.15) is 66.3 Å². The lowest BCUT2D eigenvalue weighted by atomic mass is 9.45. The highest BCUT2D eigenvalue weighted by atomic mass is 16.5. The molecule has 202 valence electrons. The highest BCUT2D eigenvalue weighted by Crippen LogP contribution is 2.66. The summed E-state index contributed by atoms with van der Waals surface area (Å²) in [6.07, 6.45) is 8.90. The van der Waals surface area contributed by atoms with Crippen molar-refractivity contribution in [3.8, 4) is 0 Å². The van der Waals surface area contributed by atoms with Crippen LogP contribution >= 0.6 is 0 Å². The number of hydrogen-bond acceptors (Lipinski definition) is 3. The van der Waals surface area contributed by atoms with Crippen molar-refractivity contribution in [1.82, 2.24) is 9.80 Å². The molecule has 39 heavy (non-hydrogen) atoms. The van der Waals surface area contributed by atoms with Gasteiger partial charge in [-0.3, -0.25) is 9.80 Å². The molecule has 6 aliphatic rings. The van der Waals surface area contributed by atoms with Gasteiger partial charge in [0.2, 0.25) is 0 Å². The molecule has 3 aliphatic carbocycles. The van der Waals surface area contributed by atoms with E-state index in [0.29, 0.717) is 6.04 Å². The normalized spacial score (nSPS) is 33.1. The first kappa shape index (κ1) is 24.3. The molecule has 0 radical (unpaired) electrons. The summed E-state index contributed by atoms with van der Waals surface area (Å²) in [6, 6.07) is 30.1. The predicted octanol–water partition coefficient (Wildman–Crippen LogP) is 6.67. The lowest BCUT2D eigenvalue weighted by Gasteiger charge is -2.73. The number of likely N-dealkylation sites (tertiary alicyclic amines) is 1. The monoisotopic (exact) mass is 518 g/mol. The van der Waals surface area contributed by atoms with Crippen LogP contribution in [0.2, 0.25) is 0 Å². The number of fused-ring (bicyclic) bond motifs is 3. The first-order valence-electron chi connectivity index (χ1n) is 15.4. The first-order chi connectivity index (χ1) is 19.1. The predicted molar refractivity (Wildman–Crippen MR) is 157 cm³/mol. The summed E-state index contributed by atoms with van der Waals surface area (Å²) >= 11 is 0. The van der Waals surface area contributed by atoms with Crippen molar-refractivity contribution >= 4 is 0 Å². The zero-order valence-corrected chi connectivity index (χ0v) is 23.4. The Morgan fingerprint density at radius 1 is 0.872 bits per heavy atom. The van der Waals surface area contributed by atoms with Gasteiger partial charge < -0.3 is 4.74 Å². The highest BCUT2D eigenvalue weighted by molar-refractivity contribution is 5.49. The first-order valence-corrected chi connectivity index (χ1v) is 15.4. The Hall–Kier alpha value is -2.46. The largest absolute Gasteiger partial charge is 0.370 e. The van der Waals surface area contributed by atoms with E-state index in [2.05, 4.69) is 95.6 Å². The highest BCUT2D eigenvalue weighted by Gasteiger charge is 2.72. The Morgan fingerprint density at radius 2 is 1.59 bits per heavy atom. The number of hydrogen-bond donors (Lipinski definition) is 0. The number of rotatable bonds is 7. The van der Waals surface area contributed by atoms with E-state index in [-0.39, 0.29) is 16.6 Å². The molecule has 3 aliphatic heterocycles. The summed E-state index contributed by atoms with van der Waals surface area (Å²) < 4.78 is 7.43. The van der Waals surface area contributed by atoms with E-state index in [1.165, 1.54) is 68.3 Å². The fourth-order valence-electron chi connectivity index (χ4n) is 9.21. The van der Waals surface area contributed by atoms with E-state index >= 15 is 0 Å². The molecule has 0 unspecified atom stereocenters. The molecule has 5 fully saturated rings. The van der Waals surface area contributed by atoms with E-state index in [4.69, 9.17) is 4.74 Å². The molecule has 4 atom stereocenters. The summed E-state index contributed by atoms with van der Waals surface area (Å²) in [5.41, 5.74) is 7.56. The van der Waals surface area contributed by atoms with Crippen LogP contribution < -0.4 is 0 Å². The van der Waals surface area contributed by atoms with E-state index in [1.54, 1.807) is 11.1 Å². The summed E-state index contributed by atoms with van der Waals surface area (Å²) in [5.74, 6) is 0.923. The Bertz CT molecular complexity index is 1300. The SMILES string of the molecule is Cc1ccc2c(c1)[C@]13CCN(CC4CC4)[C@H](C2)[C@]12CC[C@@](N(Cc1ccccc1)Cc1ccccc1)(CO2)C3. The van der Waals surface area contributed by atoms with Crippen LogP contribution in [0.25, 0.3) is 0 Å². The molecule has 3 aromatic rings. The average Bonchev–Trinajstić information content (AvgIpc) is 3.80. The van der Waals surface area contributed by atoms with E-state index < -0.39 is 0 Å². The third-order valence-corrected chi connectivity index (χ3v) is 11.3. The van der Waals surface area contributed by atoms with Crippen LogP contribution in [0.15, 0.2) is 78.9 Å². The minimum Gasteiger partial charge on any atom is -0.370 e. The van der Waals surface area contributed by atoms with Crippen LogP contribution in [-0.4, -0.2) is 46.7 Å². The minimum absolute atomic E-state index is 0.0339. The van der Waals surface area contributed by atoms with Gasteiger partial charge in [0, 0.05) is 36.6 Å². The van der Waals surface area contributed by atoms with E-state index in [9.17, 15) is 0 Å². The molecular formula is C36H42N2O. The molecule has 0 amide bonds. The number of piperidine rings is 1. The number of aryl methyl sites for hydroxylation is 1. The summed E-state index contributed by atoms with van der Waals surface area (Å²) in [4.78, 5) is 5.69. The second-order valence-electron chi connectivity index (χ2n) is 13.6. The van der Waals surface area contributed by atoms with Gasteiger partial charge in [0.25, 0.3) is 0 Å². The summed E-state index contributed by atoms with van der Waals surface area (Å²) in [7, 11) is 0. The van der Waals surface area contributed by atoms with Crippen LogP contribution in [0.5, 0.6) is 0 Å². The van der Waals surface area contributed by atoms with Gasteiger partial charge in [0.05, 0.1) is 12.2 Å². The number of ether oxygens (including phenoxy) is 1. The maximum Gasteiger partial charge on any atom is 0.0938 e. The van der Waals surface area contributed by atoms with Gasteiger partial charge in [-0.05, 0) is 86.6 Å². The summed E-state index contributed by atoms with van der Waals surface area (Å²) in [6.45, 7) is 7.61. The Morgan fingerprint density at radius 3 is 2.23 bits per heavy atom. The van der Waals surface area contributed by atoms with Gasteiger partial charge in [0.1, 0.15) is 0 Å². The maximum atomic E-state index is 7.43. The van der Waals surface area contributed by atoms with E-state index in [1.807, 2.05) is 0 Å². The molecule has 2 saturated carbocycles. The lowest BCUT2D eigenvalue weighted by molar-refractivity contribution is -0.283. The Labute approximate surface area is 234 Å². The number of benzene rings is 3. The molecule has 3 nitrogen and oxygen atoms in total.